The quantitative estimate of drug-likeness (QED) is 0.746. The minimum Gasteiger partial charge on any atom is -0.545 e. The standard InChI is InChI=1S/C19H17NO5S/c1-11-7-8-14(25-2)13(9-11)20-17(21)10-16(18(20)22)26-15-6-4-3-5-12(15)19(23)24/h3-9,16H,10H2,1-2H3,(H,23,24)/p-1/t16-/m1/s1. The molecule has 1 aliphatic rings. The first-order valence-corrected chi connectivity index (χ1v) is 8.79. The first kappa shape index (κ1) is 18.0. The monoisotopic (exact) mass is 370 g/mol. The molecule has 1 saturated heterocycles. The van der Waals surface area contributed by atoms with Gasteiger partial charge in [-0.15, -0.1) is 11.8 Å². The van der Waals surface area contributed by atoms with Crippen molar-refractivity contribution in [2.45, 2.75) is 23.5 Å². The third-order valence-electron chi connectivity index (χ3n) is 4.06. The van der Waals surface area contributed by atoms with Crippen LogP contribution in [0.1, 0.15) is 22.3 Å². The SMILES string of the molecule is COc1ccc(C)cc1N1C(=O)C[C@@H](Sc2ccccc2C(=O)[O-])C1=O. The average molecular weight is 370 g/mol. The summed E-state index contributed by atoms with van der Waals surface area (Å²) in [5.74, 6) is -1.63. The Morgan fingerprint density at radius 1 is 1.23 bits per heavy atom. The zero-order chi connectivity index (χ0) is 18.8. The molecule has 134 valence electrons. The molecule has 1 atom stereocenters. The summed E-state index contributed by atoms with van der Waals surface area (Å²) >= 11 is 1.06. The number of anilines is 1. The van der Waals surface area contributed by atoms with Gasteiger partial charge in [0.25, 0.3) is 0 Å². The maximum Gasteiger partial charge on any atom is 0.247 e. The molecule has 0 N–H and O–H groups in total. The lowest BCUT2D eigenvalue weighted by Crippen LogP contribution is -2.31. The molecule has 0 saturated carbocycles. The number of aryl methyl sites for hydroxylation is 1. The van der Waals surface area contributed by atoms with Crippen LogP contribution in [0.4, 0.5) is 5.69 Å². The van der Waals surface area contributed by atoms with Crippen molar-refractivity contribution in [3.63, 3.8) is 0 Å². The Labute approximate surface area is 154 Å². The number of rotatable bonds is 5. The van der Waals surface area contributed by atoms with E-state index in [0.717, 1.165) is 22.2 Å². The van der Waals surface area contributed by atoms with E-state index in [9.17, 15) is 19.5 Å². The number of amides is 2. The zero-order valence-electron chi connectivity index (χ0n) is 14.2. The lowest BCUT2D eigenvalue weighted by Gasteiger charge is -2.19. The van der Waals surface area contributed by atoms with E-state index < -0.39 is 17.1 Å². The molecule has 0 aliphatic carbocycles. The second-order valence-electron chi connectivity index (χ2n) is 5.84. The van der Waals surface area contributed by atoms with Crippen LogP contribution >= 0.6 is 11.8 Å². The van der Waals surface area contributed by atoms with Crippen LogP contribution in [0.2, 0.25) is 0 Å². The number of carbonyl (C=O) groups is 3. The van der Waals surface area contributed by atoms with Gasteiger partial charge in [0.05, 0.1) is 24.0 Å². The van der Waals surface area contributed by atoms with E-state index >= 15 is 0 Å². The van der Waals surface area contributed by atoms with Crippen LogP contribution in [0.3, 0.4) is 0 Å². The van der Waals surface area contributed by atoms with Crippen LogP contribution in [0.15, 0.2) is 47.4 Å². The number of hydrogen-bond acceptors (Lipinski definition) is 6. The van der Waals surface area contributed by atoms with Crippen molar-refractivity contribution in [1.29, 1.82) is 0 Å². The molecule has 2 amide bonds. The number of carbonyl (C=O) groups excluding carboxylic acids is 3. The molecule has 1 heterocycles. The largest absolute Gasteiger partial charge is 0.545 e. The van der Waals surface area contributed by atoms with Crippen molar-refractivity contribution in [3.05, 3.63) is 53.6 Å². The fourth-order valence-corrected chi connectivity index (χ4v) is 3.99. The van der Waals surface area contributed by atoms with Gasteiger partial charge < -0.3 is 14.6 Å². The number of nitrogens with zero attached hydrogens (tertiary/aromatic N) is 1. The number of aromatic carboxylic acids is 1. The normalized spacial score (nSPS) is 16.8. The van der Waals surface area contributed by atoms with Crippen LogP contribution in [0.5, 0.6) is 5.75 Å². The van der Waals surface area contributed by atoms with E-state index in [4.69, 9.17) is 4.74 Å². The maximum absolute atomic E-state index is 12.8. The van der Waals surface area contributed by atoms with Crippen molar-refractivity contribution in [2.24, 2.45) is 0 Å². The second-order valence-corrected chi connectivity index (χ2v) is 7.08. The molecule has 0 radical (unpaired) electrons. The molecule has 2 aromatic rings. The van der Waals surface area contributed by atoms with Crippen molar-refractivity contribution in [1.82, 2.24) is 0 Å². The van der Waals surface area contributed by atoms with Crippen LogP contribution < -0.4 is 14.7 Å². The first-order valence-electron chi connectivity index (χ1n) is 7.91. The number of methoxy groups -OCH3 is 1. The fraction of sp³-hybridized carbons (Fsp3) is 0.211. The number of imide groups is 1. The van der Waals surface area contributed by atoms with E-state index in [1.54, 1.807) is 30.3 Å². The molecule has 0 aromatic heterocycles. The van der Waals surface area contributed by atoms with Gasteiger partial charge in [0.1, 0.15) is 5.75 Å². The summed E-state index contributed by atoms with van der Waals surface area (Å²) in [4.78, 5) is 38.1. The molecule has 2 aromatic carbocycles. The van der Waals surface area contributed by atoms with Crippen molar-refractivity contribution in [3.8, 4) is 5.75 Å². The van der Waals surface area contributed by atoms with Gasteiger partial charge >= 0.3 is 0 Å². The Morgan fingerprint density at radius 3 is 2.65 bits per heavy atom. The van der Waals surface area contributed by atoms with E-state index in [0.29, 0.717) is 16.3 Å². The van der Waals surface area contributed by atoms with Crippen molar-refractivity contribution >= 4 is 35.2 Å². The predicted molar refractivity (Wildman–Crippen MR) is 95.3 cm³/mol. The van der Waals surface area contributed by atoms with Crippen LogP contribution in [-0.2, 0) is 9.59 Å². The summed E-state index contributed by atoms with van der Waals surface area (Å²) in [6.07, 6.45) is -0.0119. The van der Waals surface area contributed by atoms with Crippen LogP contribution in [0, 0.1) is 6.92 Å². The Kier molecular flexibility index (Phi) is 4.99. The number of thioether (sulfide) groups is 1. The Balaban J connectivity index is 1.91. The van der Waals surface area contributed by atoms with Gasteiger partial charge in [-0.25, -0.2) is 4.90 Å². The smallest absolute Gasteiger partial charge is 0.247 e. The third-order valence-corrected chi connectivity index (χ3v) is 5.32. The van der Waals surface area contributed by atoms with Gasteiger partial charge in [-0.1, -0.05) is 24.3 Å². The molecule has 6 nitrogen and oxygen atoms in total. The highest BCUT2D eigenvalue weighted by Crippen LogP contribution is 2.38. The number of ether oxygens (including phenoxy) is 1. The number of carboxylic acids is 1. The molecular weight excluding hydrogens is 354 g/mol. The molecule has 1 fully saturated rings. The van der Waals surface area contributed by atoms with Gasteiger partial charge in [-0.3, -0.25) is 9.59 Å². The van der Waals surface area contributed by atoms with Crippen molar-refractivity contribution in [2.75, 3.05) is 12.0 Å². The highest BCUT2D eigenvalue weighted by molar-refractivity contribution is 8.00. The van der Waals surface area contributed by atoms with Gasteiger partial charge in [0.15, 0.2) is 0 Å². The molecule has 26 heavy (non-hydrogen) atoms. The minimum atomic E-state index is -1.32. The molecular formula is C19H16NO5S-. The Morgan fingerprint density at radius 2 is 1.96 bits per heavy atom. The summed E-state index contributed by atoms with van der Waals surface area (Å²) in [7, 11) is 1.47. The average Bonchev–Trinajstić information content (AvgIpc) is 2.88. The topological polar surface area (TPSA) is 86.7 Å². The van der Waals surface area contributed by atoms with E-state index in [1.807, 2.05) is 13.0 Å². The maximum atomic E-state index is 12.8. The molecule has 1 aliphatic heterocycles. The summed E-state index contributed by atoms with van der Waals surface area (Å²) in [5, 5.41) is 10.5. The highest BCUT2D eigenvalue weighted by atomic mass is 32.2. The minimum absolute atomic E-state index is 0.00401. The van der Waals surface area contributed by atoms with E-state index in [2.05, 4.69) is 0 Å². The van der Waals surface area contributed by atoms with Gasteiger partial charge in [-0.05, 0) is 30.7 Å². The van der Waals surface area contributed by atoms with Crippen molar-refractivity contribution < 1.29 is 24.2 Å². The van der Waals surface area contributed by atoms with Gasteiger partial charge in [0, 0.05) is 16.9 Å². The van der Waals surface area contributed by atoms with E-state index in [-0.39, 0.29) is 17.9 Å². The van der Waals surface area contributed by atoms with Gasteiger partial charge in [0.2, 0.25) is 11.8 Å². The highest BCUT2D eigenvalue weighted by Gasteiger charge is 2.41. The predicted octanol–water partition coefficient (Wildman–Crippen LogP) is 1.79. The lowest BCUT2D eigenvalue weighted by atomic mass is 10.2. The summed E-state index contributed by atoms with van der Waals surface area (Å²) < 4.78 is 5.27. The first-order chi connectivity index (χ1) is 12.4. The fourth-order valence-electron chi connectivity index (χ4n) is 2.82. The van der Waals surface area contributed by atoms with Crippen LogP contribution in [-0.4, -0.2) is 30.1 Å². The van der Waals surface area contributed by atoms with E-state index in [1.165, 1.54) is 13.2 Å². The third kappa shape index (κ3) is 3.30. The van der Waals surface area contributed by atoms with Gasteiger partial charge in [-0.2, -0.15) is 0 Å². The number of carboxylic acid groups (broad SMARTS) is 1. The molecule has 7 heteroatoms. The zero-order valence-corrected chi connectivity index (χ0v) is 15.0. The second kappa shape index (κ2) is 7.21. The lowest BCUT2D eigenvalue weighted by molar-refractivity contribution is -0.255. The molecule has 0 spiro atoms. The van der Waals surface area contributed by atoms with Crippen LogP contribution in [0.25, 0.3) is 0 Å². The molecule has 0 unspecified atom stereocenters. The Bertz CT molecular complexity index is 895. The summed E-state index contributed by atoms with van der Waals surface area (Å²) in [5.41, 5.74) is 1.29. The molecule has 3 rings (SSSR count). The molecule has 0 bridgehead atoms. The summed E-state index contributed by atoms with van der Waals surface area (Å²) in [6, 6.07) is 11.5. The Hall–Kier alpha value is -2.80. The number of benzene rings is 2. The summed E-state index contributed by atoms with van der Waals surface area (Å²) in [6.45, 7) is 1.86. The number of hydrogen-bond donors (Lipinski definition) is 0.